The first kappa shape index (κ1) is 4.13. The molecule has 1 aliphatic rings. The van der Waals surface area contributed by atoms with Crippen LogP contribution in [0.5, 0.6) is 0 Å². The molecule has 0 unspecified atom stereocenters. The first-order chi connectivity index (χ1) is 2.63. The highest BCUT2D eigenvalue weighted by Gasteiger charge is 2.44. The minimum Gasteiger partial charge on any atom is -0.390 e. The van der Waals surface area contributed by atoms with Crippen molar-refractivity contribution in [2.24, 2.45) is 5.92 Å². The van der Waals surface area contributed by atoms with Gasteiger partial charge >= 0.3 is 0 Å². The molecular formula is C5H10O. The topological polar surface area (TPSA) is 20.2 Å². The molecule has 1 rings (SSSR count). The van der Waals surface area contributed by atoms with Crippen molar-refractivity contribution < 1.29 is 5.11 Å². The molecule has 0 saturated heterocycles. The highest BCUT2D eigenvalue weighted by Crippen LogP contribution is 2.41. The van der Waals surface area contributed by atoms with Crippen LogP contribution >= 0.6 is 0 Å². The summed E-state index contributed by atoms with van der Waals surface area (Å²) in [5.41, 5.74) is -0.292. The highest BCUT2D eigenvalue weighted by molar-refractivity contribution is 4.95. The fraction of sp³-hybridized carbons (Fsp3) is 1.00. The second-order valence-electron chi connectivity index (χ2n) is 2.46. The van der Waals surface area contributed by atoms with Gasteiger partial charge in [0.25, 0.3) is 0 Å². The van der Waals surface area contributed by atoms with Crippen LogP contribution in [-0.2, 0) is 0 Å². The molecule has 1 fully saturated rings. The second kappa shape index (κ2) is 0.784. The first-order valence-electron chi connectivity index (χ1n) is 2.35. The predicted octanol–water partition coefficient (Wildman–Crippen LogP) is 0.777. The zero-order chi connectivity index (χ0) is 4.78. The number of rotatable bonds is 0. The van der Waals surface area contributed by atoms with Crippen LogP contribution in [0, 0.1) is 5.92 Å². The summed E-state index contributed by atoms with van der Waals surface area (Å²) in [4.78, 5) is 0. The normalized spacial score (nSPS) is 55.5. The maximum atomic E-state index is 8.90. The van der Waals surface area contributed by atoms with Gasteiger partial charge in [-0.2, -0.15) is 0 Å². The largest absolute Gasteiger partial charge is 0.390 e. The molecule has 6 heavy (non-hydrogen) atoms. The molecule has 36 valence electrons. The first-order valence-corrected chi connectivity index (χ1v) is 2.35. The number of hydrogen-bond donors (Lipinski definition) is 1. The highest BCUT2D eigenvalue weighted by atomic mass is 16.3. The lowest BCUT2D eigenvalue weighted by molar-refractivity contribution is 0.155. The van der Waals surface area contributed by atoms with Gasteiger partial charge in [0.1, 0.15) is 0 Å². The summed E-state index contributed by atoms with van der Waals surface area (Å²) in [5, 5.41) is 8.90. The maximum absolute atomic E-state index is 8.90. The Balaban J connectivity index is 2.41. The van der Waals surface area contributed by atoms with Crippen molar-refractivity contribution in [3.05, 3.63) is 0 Å². The average molecular weight is 86.1 g/mol. The lowest BCUT2D eigenvalue weighted by atomic mass is 10.3. The second-order valence-corrected chi connectivity index (χ2v) is 2.46. The molecule has 0 aromatic heterocycles. The van der Waals surface area contributed by atoms with Gasteiger partial charge in [-0.1, -0.05) is 6.92 Å². The molecule has 0 aliphatic heterocycles. The van der Waals surface area contributed by atoms with Gasteiger partial charge in [0.05, 0.1) is 5.60 Å². The van der Waals surface area contributed by atoms with E-state index < -0.39 is 0 Å². The fourth-order valence-corrected chi connectivity index (χ4v) is 0.561. The smallest absolute Gasteiger partial charge is 0.0649 e. The summed E-state index contributed by atoms with van der Waals surface area (Å²) < 4.78 is 0. The van der Waals surface area contributed by atoms with Crippen molar-refractivity contribution in [2.75, 3.05) is 0 Å². The van der Waals surface area contributed by atoms with Gasteiger partial charge in [-0.3, -0.25) is 0 Å². The van der Waals surface area contributed by atoms with E-state index in [2.05, 4.69) is 6.92 Å². The number of aliphatic hydroxyl groups is 1. The van der Waals surface area contributed by atoms with Gasteiger partial charge in [-0.25, -0.2) is 0 Å². The molecule has 0 heterocycles. The minimum absolute atomic E-state index is 0.292. The molecule has 1 aliphatic carbocycles. The lowest BCUT2D eigenvalue weighted by Gasteiger charge is -1.92. The van der Waals surface area contributed by atoms with E-state index in [0.29, 0.717) is 5.92 Å². The molecule has 1 N–H and O–H groups in total. The Morgan fingerprint density at radius 1 is 1.83 bits per heavy atom. The van der Waals surface area contributed by atoms with Crippen LogP contribution in [0.1, 0.15) is 20.3 Å². The molecule has 2 atom stereocenters. The Morgan fingerprint density at radius 3 is 2.00 bits per heavy atom. The zero-order valence-electron chi connectivity index (χ0n) is 4.23. The van der Waals surface area contributed by atoms with Crippen LogP contribution in [0.3, 0.4) is 0 Å². The van der Waals surface area contributed by atoms with Crippen LogP contribution in [0.2, 0.25) is 0 Å². The van der Waals surface area contributed by atoms with Crippen molar-refractivity contribution in [1.82, 2.24) is 0 Å². The van der Waals surface area contributed by atoms with E-state index in [-0.39, 0.29) is 5.60 Å². The van der Waals surface area contributed by atoms with Crippen molar-refractivity contribution in [2.45, 2.75) is 25.9 Å². The van der Waals surface area contributed by atoms with Crippen molar-refractivity contribution in [3.8, 4) is 0 Å². The summed E-state index contributed by atoms with van der Waals surface area (Å²) >= 11 is 0. The molecule has 0 aromatic rings. The van der Waals surface area contributed by atoms with Crippen LogP contribution in [-0.4, -0.2) is 10.7 Å². The average Bonchev–Trinajstić information content (AvgIpc) is 1.73. The van der Waals surface area contributed by atoms with E-state index >= 15 is 0 Å². The van der Waals surface area contributed by atoms with Crippen LogP contribution in [0.15, 0.2) is 0 Å². The minimum atomic E-state index is -0.292. The molecule has 0 aromatic carbocycles. The van der Waals surface area contributed by atoms with Gasteiger partial charge < -0.3 is 5.11 Å². The Hall–Kier alpha value is -0.0400. The molecular weight excluding hydrogens is 76.1 g/mol. The summed E-state index contributed by atoms with van der Waals surface area (Å²) in [7, 11) is 0. The van der Waals surface area contributed by atoms with Gasteiger partial charge in [-0.05, 0) is 19.3 Å². The Kier molecular flexibility index (Phi) is 0.539. The maximum Gasteiger partial charge on any atom is 0.0649 e. The summed E-state index contributed by atoms with van der Waals surface area (Å²) in [5.74, 6) is 0.553. The molecule has 0 spiro atoms. The van der Waals surface area contributed by atoms with Crippen LogP contribution in [0.4, 0.5) is 0 Å². The third-order valence-electron chi connectivity index (χ3n) is 1.62. The predicted molar refractivity (Wildman–Crippen MR) is 24.4 cm³/mol. The molecule has 0 amide bonds. The Bertz CT molecular complexity index is 66.3. The molecule has 1 saturated carbocycles. The van der Waals surface area contributed by atoms with Crippen LogP contribution < -0.4 is 0 Å². The van der Waals surface area contributed by atoms with Crippen molar-refractivity contribution >= 4 is 0 Å². The summed E-state index contributed by atoms with van der Waals surface area (Å²) in [6.07, 6.45) is 0.993. The lowest BCUT2D eigenvalue weighted by Crippen LogP contribution is -1.99. The van der Waals surface area contributed by atoms with E-state index in [1.165, 1.54) is 0 Å². The SMILES string of the molecule is C[C@@H]1C[C@@]1(C)O. The van der Waals surface area contributed by atoms with Gasteiger partial charge in [-0.15, -0.1) is 0 Å². The standard InChI is InChI=1S/C5H10O/c1-4-3-5(4,2)6/h4,6H,3H2,1-2H3/t4-,5-/m1/s1. The molecule has 1 heteroatoms. The monoisotopic (exact) mass is 86.1 g/mol. The van der Waals surface area contributed by atoms with E-state index in [9.17, 15) is 0 Å². The van der Waals surface area contributed by atoms with Crippen LogP contribution in [0.25, 0.3) is 0 Å². The van der Waals surface area contributed by atoms with Gasteiger partial charge in [0, 0.05) is 0 Å². The Morgan fingerprint density at radius 2 is 2.00 bits per heavy atom. The van der Waals surface area contributed by atoms with Crippen molar-refractivity contribution in [1.29, 1.82) is 0 Å². The van der Waals surface area contributed by atoms with E-state index in [1.807, 2.05) is 6.92 Å². The van der Waals surface area contributed by atoms with Gasteiger partial charge in [0.2, 0.25) is 0 Å². The summed E-state index contributed by atoms with van der Waals surface area (Å²) in [6.45, 7) is 3.93. The fourth-order valence-electron chi connectivity index (χ4n) is 0.561. The third-order valence-corrected chi connectivity index (χ3v) is 1.62. The molecule has 0 bridgehead atoms. The van der Waals surface area contributed by atoms with E-state index in [4.69, 9.17) is 5.11 Å². The molecule has 0 radical (unpaired) electrons. The Labute approximate surface area is 38.0 Å². The zero-order valence-corrected chi connectivity index (χ0v) is 4.23. The van der Waals surface area contributed by atoms with E-state index in [0.717, 1.165) is 6.42 Å². The number of hydrogen-bond acceptors (Lipinski definition) is 1. The third kappa shape index (κ3) is 0.432. The van der Waals surface area contributed by atoms with Crippen molar-refractivity contribution in [3.63, 3.8) is 0 Å². The van der Waals surface area contributed by atoms with Gasteiger partial charge in [0.15, 0.2) is 0 Å². The quantitative estimate of drug-likeness (QED) is 0.462. The molecule has 1 nitrogen and oxygen atoms in total. The van der Waals surface area contributed by atoms with E-state index in [1.54, 1.807) is 0 Å². The summed E-state index contributed by atoms with van der Waals surface area (Å²) in [6, 6.07) is 0.